The molecule has 1 N–H and O–H groups in total. The molecule has 2 rings (SSSR count). The fourth-order valence-corrected chi connectivity index (χ4v) is 1.96. The molecule has 18 heavy (non-hydrogen) atoms. The van der Waals surface area contributed by atoms with Crippen molar-refractivity contribution in [3.63, 3.8) is 0 Å². The number of aliphatic hydroxyl groups is 1. The zero-order valence-corrected chi connectivity index (χ0v) is 9.48. The number of halogens is 3. The van der Waals surface area contributed by atoms with Crippen molar-refractivity contribution >= 4 is 0 Å². The van der Waals surface area contributed by atoms with E-state index in [1.807, 2.05) is 0 Å². The van der Waals surface area contributed by atoms with E-state index in [0.717, 1.165) is 6.42 Å². The number of hydrogen-bond acceptors (Lipinski definition) is 3. The van der Waals surface area contributed by atoms with E-state index in [-0.39, 0.29) is 11.9 Å². The Hall–Kier alpha value is -1.27. The molecule has 1 aliphatic heterocycles. The Labute approximate surface area is 102 Å². The number of benzene rings is 1. The molecule has 1 aromatic carbocycles. The highest BCUT2D eigenvalue weighted by molar-refractivity contribution is 5.30. The number of rotatable bonds is 3. The fourth-order valence-electron chi connectivity index (χ4n) is 1.96. The first-order valence-electron chi connectivity index (χ1n) is 5.61. The predicted octanol–water partition coefficient (Wildman–Crippen LogP) is 2.80. The first kappa shape index (κ1) is 13.2. The van der Waals surface area contributed by atoms with Crippen LogP contribution in [0.1, 0.15) is 24.5 Å². The second kappa shape index (κ2) is 5.16. The standard InChI is InChI=1S/C12H13F3O3/c13-12(14,15)18-9-4-1-3-8(7-9)11(16)10-5-2-6-17-10/h1,3-4,7,10-11,16H,2,5-6H2. The van der Waals surface area contributed by atoms with Gasteiger partial charge in [0.2, 0.25) is 0 Å². The highest BCUT2D eigenvalue weighted by atomic mass is 19.4. The Kier molecular flexibility index (Phi) is 3.77. The van der Waals surface area contributed by atoms with Gasteiger partial charge >= 0.3 is 6.36 Å². The zero-order chi connectivity index (χ0) is 13.2. The quantitative estimate of drug-likeness (QED) is 0.910. The maximum atomic E-state index is 12.1. The van der Waals surface area contributed by atoms with Gasteiger partial charge in [0.25, 0.3) is 0 Å². The summed E-state index contributed by atoms with van der Waals surface area (Å²) in [4.78, 5) is 0. The van der Waals surface area contributed by atoms with Crippen LogP contribution in [0.4, 0.5) is 13.2 Å². The van der Waals surface area contributed by atoms with E-state index in [2.05, 4.69) is 4.74 Å². The summed E-state index contributed by atoms with van der Waals surface area (Å²) >= 11 is 0. The lowest BCUT2D eigenvalue weighted by atomic mass is 10.0. The third kappa shape index (κ3) is 3.36. The molecule has 0 spiro atoms. The topological polar surface area (TPSA) is 38.7 Å². The first-order chi connectivity index (χ1) is 8.46. The van der Waals surface area contributed by atoms with Gasteiger partial charge < -0.3 is 14.6 Å². The van der Waals surface area contributed by atoms with E-state index in [4.69, 9.17) is 4.74 Å². The van der Waals surface area contributed by atoms with Crippen molar-refractivity contribution in [1.29, 1.82) is 0 Å². The SMILES string of the molecule is OC(c1cccc(OC(F)(F)F)c1)C1CCCO1. The lowest BCUT2D eigenvalue weighted by Crippen LogP contribution is -2.19. The van der Waals surface area contributed by atoms with Gasteiger partial charge in [-0.1, -0.05) is 12.1 Å². The molecular formula is C12H13F3O3. The minimum absolute atomic E-state index is 0.336. The Morgan fingerprint density at radius 2 is 2.17 bits per heavy atom. The smallest absolute Gasteiger partial charge is 0.406 e. The molecule has 1 saturated heterocycles. The molecule has 1 aliphatic rings. The molecule has 100 valence electrons. The fraction of sp³-hybridized carbons (Fsp3) is 0.500. The van der Waals surface area contributed by atoms with E-state index in [1.165, 1.54) is 18.2 Å². The molecule has 2 atom stereocenters. The summed E-state index contributed by atoms with van der Waals surface area (Å²) in [5.74, 6) is -0.336. The molecule has 1 aromatic rings. The normalized spacial score (nSPS) is 21.9. The highest BCUT2D eigenvalue weighted by Gasteiger charge is 2.32. The maximum Gasteiger partial charge on any atom is 0.573 e. The molecule has 0 amide bonds. The van der Waals surface area contributed by atoms with E-state index >= 15 is 0 Å². The van der Waals surface area contributed by atoms with Crippen LogP contribution in [0.15, 0.2) is 24.3 Å². The van der Waals surface area contributed by atoms with Gasteiger partial charge in [-0.3, -0.25) is 0 Å². The second-order valence-corrected chi connectivity index (χ2v) is 4.12. The number of ether oxygens (including phenoxy) is 2. The van der Waals surface area contributed by atoms with Crippen molar-refractivity contribution in [3.05, 3.63) is 29.8 Å². The molecule has 3 nitrogen and oxygen atoms in total. The Morgan fingerprint density at radius 1 is 1.39 bits per heavy atom. The maximum absolute atomic E-state index is 12.1. The summed E-state index contributed by atoms with van der Waals surface area (Å²) in [6, 6.07) is 5.34. The van der Waals surface area contributed by atoms with Gasteiger partial charge in [0.05, 0.1) is 6.10 Å². The van der Waals surface area contributed by atoms with E-state index in [0.29, 0.717) is 18.6 Å². The molecule has 0 bridgehead atoms. The van der Waals surface area contributed by atoms with E-state index in [9.17, 15) is 18.3 Å². The number of aliphatic hydroxyl groups excluding tert-OH is 1. The van der Waals surface area contributed by atoms with Crippen molar-refractivity contribution in [1.82, 2.24) is 0 Å². The minimum atomic E-state index is -4.73. The van der Waals surface area contributed by atoms with Crippen LogP contribution in [-0.2, 0) is 4.74 Å². The van der Waals surface area contributed by atoms with Crippen molar-refractivity contribution in [2.24, 2.45) is 0 Å². The van der Waals surface area contributed by atoms with Gasteiger partial charge in [0, 0.05) is 6.61 Å². The molecule has 6 heteroatoms. The monoisotopic (exact) mass is 262 g/mol. The van der Waals surface area contributed by atoms with Crippen molar-refractivity contribution < 1.29 is 27.8 Å². The van der Waals surface area contributed by atoms with Crippen molar-refractivity contribution in [3.8, 4) is 5.75 Å². The van der Waals surface area contributed by atoms with Crippen LogP contribution in [0.5, 0.6) is 5.75 Å². The summed E-state index contributed by atoms with van der Waals surface area (Å²) < 4.78 is 45.3. The molecular weight excluding hydrogens is 249 g/mol. The van der Waals surface area contributed by atoms with Gasteiger partial charge in [-0.2, -0.15) is 0 Å². The van der Waals surface area contributed by atoms with Crippen LogP contribution in [-0.4, -0.2) is 24.2 Å². The Morgan fingerprint density at radius 3 is 2.78 bits per heavy atom. The summed E-state index contributed by atoms with van der Waals surface area (Å²) in [5.41, 5.74) is 0.364. The van der Waals surface area contributed by atoms with Crippen LogP contribution < -0.4 is 4.74 Å². The lowest BCUT2D eigenvalue weighted by Gasteiger charge is -2.18. The summed E-state index contributed by atoms with van der Waals surface area (Å²) in [6.45, 7) is 0.570. The molecule has 0 aliphatic carbocycles. The van der Waals surface area contributed by atoms with Gasteiger partial charge in [0.15, 0.2) is 0 Å². The van der Waals surface area contributed by atoms with Gasteiger partial charge in [-0.05, 0) is 30.5 Å². The molecule has 0 aromatic heterocycles. The molecule has 0 radical (unpaired) electrons. The molecule has 0 saturated carbocycles. The van der Waals surface area contributed by atoms with E-state index in [1.54, 1.807) is 6.07 Å². The number of hydrogen-bond donors (Lipinski definition) is 1. The van der Waals surface area contributed by atoms with Crippen LogP contribution in [0.25, 0.3) is 0 Å². The summed E-state index contributed by atoms with van der Waals surface area (Å²) in [5, 5.41) is 9.98. The number of alkyl halides is 3. The molecule has 2 unspecified atom stereocenters. The van der Waals surface area contributed by atoms with Crippen molar-refractivity contribution in [2.45, 2.75) is 31.4 Å². The van der Waals surface area contributed by atoms with Crippen LogP contribution in [0.3, 0.4) is 0 Å². The zero-order valence-electron chi connectivity index (χ0n) is 9.48. The van der Waals surface area contributed by atoms with Gasteiger partial charge in [-0.25, -0.2) is 0 Å². The lowest BCUT2D eigenvalue weighted by molar-refractivity contribution is -0.274. The van der Waals surface area contributed by atoms with Crippen LogP contribution >= 0.6 is 0 Å². The predicted molar refractivity (Wildman–Crippen MR) is 57.1 cm³/mol. The third-order valence-electron chi connectivity index (χ3n) is 2.75. The Balaban J connectivity index is 2.11. The molecule has 1 heterocycles. The third-order valence-corrected chi connectivity index (χ3v) is 2.75. The largest absolute Gasteiger partial charge is 0.573 e. The van der Waals surface area contributed by atoms with Gasteiger partial charge in [0.1, 0.15) is 11.9 Å². The summed E-state index contributed by atoms with van der Waals surface area (Å²) in [7, 11) is 0. The van der Waals surface area contributed by atoms with Gasteiger partial charge in [-0.15, -0.1) is 13.2 Å². The molecule has 1 fully saturated rings. The van der Waals surface area contributed by atoms with Crippen LogP contribution in [0, 0.1) is 0 Å². The second-order valence-electron chi connectivity index (χ2n) is 4.12. The Bertz CT molecular complexity index is 400. The van der Waals surface area contributed by atoms with Crippen LogP contribution in [0.2, 0.25) is 0 Å². The first-order valence-corrected chi connectivity index (χ1v) is 5.61. The minimum Gasteiger partial charge on any atom is -0.406 e. The average Bonchev–Trinajstić information content (AvgIpc) is 2.79. The summed E-state index contributed by atoms with van der Waals surface area (Å²) in [6.07, 6.45) is -4.46. The average molecular weight is 262 g/mol. The van der Waals surface area contributed by atoms with E-state index < -0.39 is 12.5 Å². The van der Waals surface area contributed by atoms with Crippen molar-refractivity contribution in [2.75, 3.05) is 6.61 Å². The highest BCUT2D eigenvalue weighted by Crippen LogP contribution is 2.30.